The number of nitrogens with zero attached hydrogens (tertiary/aromatic N) is 5. The van der Waals surface area contributed by atoms with Crippen LogP contribution in [0.3, 0.4) is 0 Å². The Morgan fingerprint density at radius 3 is 2.79 bits per heavy atom. The lowest BCUT2D eigenvalue weighted by Crippen LogP contribution is -2.38. The van der Waals surface area contributed by atoms with Crippen molar-refractivity contribution >= 4 is 45.9 Å². The summed E-state index contributed by atoms with van der Waals surface area (Å²) >= 11 is 3.46. The van der Waals surface area contributed by atoms with Crippen molar-refractivity contribution < 1.29 is 0 Å². The number of aliphatic imine (C=N–C) groups is 1. The number of aryl methyl sites for hydroxylation is 1. The van der Waals surface area contributed by atoms with Crippen molar-refractivity contribution in [2.24, 2.45) is 4.99 Å². The SMILES string of the molecule is CN=C(NCc1nnc2n1CCC2)N(C)Cc1ccc(Br)cc1.I. The fourth-order valence-corrected chi connectivity index (χ4v) is 3.09. The zero-order valence-corrected chi connectivity index (χ0v) is 17.8. The quantitative estimate of drug-likeness (QED) is 0.395. The van der Waals surface area contributed by atoms with Gasteiger partial charge in [-0.2, -0.15) is 0 Å². The third-order valence-electron chi connectivity index (χ3n) is 4.00. The summed E-state index contributed by atoms with van der Waals surface area (Å²) < 4.78 is 3.29. The summed E-state index contributed by atoms with van der Waals surface area (Å²) in [5, 5.41) is 11.9. The van der Waals surface area contributed by atoms with Gasteiger partial charge in [-0.1, -0.05) is 28.1 Å². The van der Waals surface area contributed by atoms with Gasteiger partial charge in [0.05, 0.1) is 6.54 Å². The van der Waals surface area contributed by atoms with E-state index in [1.54, 1.807) is 7.05 Å². The number of nitrogens with one attached hydrogen (secondary N) is 1. The second-order valence-electron chi connectivity index (χ2n) is 5.67. The largest absolute Gasteiger partial charge is 0.349 e. The highest BCUT2D eigenvalue weighted by Crippen LogP contribution is 2.14. The van der Waals surface area contributed by atoms with Gasteiger partial charge in [0.15, 0.2) is 11.8 Å². The van der Waals surface area contributed by atoms with Crippen molar-refractivity contribution in [3.63, 3.8) is 0 Å². The molecule has 2 heterocycles. The zero-order valence-electron chi connectivity index (χ0n) is 13.9. The first kappa shape index (κ1) is 19.2. The van der Waals surface area contributed by atoms with Gasteiger partial charge in [-0.3, -0.25) is 4.99 Å². The highest BCUT2D eigenvalue weighted by atomic mass is 127. The molecule has 0 saturated carbocycles. The third kappa shape index (κ3) is 4.47. The summed E-state index contributed by atoms with van der Waals surface area (Å²) in [5.41, 5.74) is 1.24. The normalized spacial score (nSPS) is 13.4. The van der Waals surface area contributed by atoms with Crippen molar-refractivity contribution in [1.82, 2.24) is 25.0 Å². The fraction of sp³-hybridized carbons (Fsp3) is 0.438. The van der Waals surface area contributed by atoms with Crippen LogP contribution in [0.4, 0.5) is 0 Å². The number of rotatable bonds is 4. The average Bonchev–Trinajstić information content (AvgIpc) is 3.14. The molecule has 1 aromatic carbocycles. The van der Waals surface area contributed by atoms with Gasteiger partial charge in [0, 0.05) is 38.1 Å². The third-order valence-corrected chi connectivity index (χ3v) is 4.53. The molecule has 0 amide bonds. The molecule has 2 aromatic rings. The predicted molar refractivity (Wildman–Crippen MR) is 110 cm³/mol. The Hall–Kier alpha value is -1.16. The summed E-state index contributed by atoms with van der Waals surface area (Å²) in [5.74, 6) is 2.93. The van der Waals surface area contributed by atoms with Gasteiger partial charge in [-0.05, 0) is 24.1 Å². The van der Waals surface area contributed by atoms with E-state index in [2.05, 4.69) is 70.2 Å². The first-order valence-electron chi connectivity index (χ1n) is 7.74. The molecule has 0 aliphatic carbocycles. The molecular formula is C16H22BrIN6. The van der Waals surface area contributed by atoms with Crippen molar-refractivity contribution in [2.75, 3.05) is 14.1 Å². The Labute approximate surface area is 167 Å². The first-order chi connectivity index (χ1) is 11.2. The summed E-state index contributed by atoms with van der Waals surface area (Å²) in [6, 6.07) is 8.33. The number of aromatic nitrogens is 3. The summed E-state index contributed by atoms with van der Waals surface area (Å²) in [4.78, 5) is 6.46. The molecule has 130 valence electrons. The van der Waals surface area contributed by atoms with Gasteiger partial charge in [-0.25, -0.2) is 0 Å². The molecule has 0 unspecified atom stereocenters. The van der Waals surface area contributed by atoms with Gasteiger partial charge in [0.25, 0.3) is 0 Å². The lowest BCUT2D eigenvalue weighted by atomic mass is 10.2. The molecule has 6 nitrogen and oxygen atoms in total. The molecule has 0 saturated heterocycles. The van der Waals surface area contributed by atoms with Crippen LogP contribution in [-0.2, 0) is 26.1 Å². The van der Waals surface area contributed by atoms with Crippen LogP contribution in [0.25, 0.3) is 0 Å². The maximum absolute atomic E-state index is 4.36. The highest BCUT2D eigenvalue weighted by Gasteiger charge is 2.17. The van der Waals surface area contributed by atoms with Gasteiger partial charge >= 0.3 is 0 Å². The van der Waals surface area contributed by atoms with Crippen LogP contribution in [0.1, 0.15) is 23.6 Å². The maximum Gasteiger partial charge on any atom is 0.194 e. The molecule has 1 aliphatic heterocycles. The first-order valence-corrected chi connectivity index (χ1v) is 8.54. The minimum absolute atomic E-state index is 0. The summed E-state index contributed by atoms with van der Waals surface area (Å²) in [6.45, 7) is 2.46. The van der Waals surface area contributed by atoms with Crippen LogP contribution < -0.4 is 5.32 Å². The second kappa shape index (κ2) is 8.80. The van der Waals surface area contributed by atoms with Crippen molar-refractivity contribution in [2.45, 2.75) is 32.5 Å². The molecule has 0 atom stereocenters. The Bertz CT molecular complexity index is 697. The van der Waals surface area contributed by atoms with Gasteiger partial charge in [-0.15, -0.1) is 34.2 Å². The van der Waals surface area contributed by atoms with Crippen LogP contribution >= 0.6 is 39.9 Å². The summed E-state index contributed by atoms with van der Waals surface area (Å²) in [7, 11) is 3.83. The number of hydrogen-bond acceptors (Lipinski definition) is 3. The molecule has 1 aliphatic rings. The molecule has 0 fully saturated rings. The van der Waals surface area contributed by atoms with E-state index in [4.69, 9.17) is 0 Å². The van der Waals surface area contributed by atoms with Crippen LogP contribution in [0, 0.1) is 0 Å². The number of fused-ring (bicyclic) bond motifs is 1. The fourth-order valence-electron chi connectivity index (χ4n) is 2.82. The van der Waals surface area contributed by atoms with Crippen molar-refractivity contribution in [1.29, 1.82) is 0 Å². The number of guanidine groups is 1. The molecule has 0 spiro atoms. The number of benzene rings is 1. The molecule has 0 bridgehead atoms. The van der Waals surface area contributed by atoms with E-state index in [0.29, 0.717) is 6.54 Å². The minimum atomic E-state index is 0. The molecule has 8 heteroatoms. The molecule has 3 rings (SSSR count). The van der Waals surface area contributed by atoms with Crippen molar-refractivity contribution in [3.8, 4) is 0 Å². The van der Waals surface area contributed by atoms with E-state index in [1.807, 2.05) is 7.05 Å². The molecule has 24 heavy (non-hydrogen) atoms. The van der Waals surface area contributed by atoms with E-state index in [-0.39, 0.29) is 24.0 Å². The van der Waals surface area contributed by atoms with E-state index >= 15 is 0 Å². The number of halogens is 2. The monoisotopic (exact) mass is 504 g/mol. The topological polar surface area (TPSA) is 58.3 Å². The predicted octanol–water partition coefficient (Wildman–Crippen LogP) is 2.81. The van der Waals surface area contributed by atoms with E-state index in [0.717, 1.165) is 48.0 Å². The molecule has 1 N–H and O–H groups in total. The smallest absolute Gasteiger partial charge is 0.194 e. The standard InChI is InChI=1S/C16H21BrN6.HI/c1-18-16(22(2)11-12-5-7-13(17)8-6-12)19-10-15-21-20-14-4-3-9-23(14)15;/h5-8H,3-4,9-11H2,1-2H3,(H,18,19);1H. The van der Waals surface area contributed by atoms with Gasteiger partial charge in [0.1, 0.15) is 5.82 Å². The van der Waals surface area contributed by atoms with Gasteiger partial charge < -0.3 is 14.8 Å². The van der Waals surface area contributed by atoms with E-state index < -0.39 is 0 Å². The average molecular weight is 505 g/mol. The highest BCUT2D eigenvalue weighted by molar-refractivity contribution is 14.0. The molecule has 0 radical (unpaired) electrons. The molecule has 1 aromatic heterocycles. The van der Waals surface area contributed by atoms with Crippen molar-refractivity contribution in [3.05, 3.63) is 46.0 Å². The Balaban J connectivity index is 0.00000208. The van der Waals surface area contributed by atoms with Crippen LogP contribution in [0.15, 0.2) is 33.7 Å². The van der Waals surface area contributed by atoms with E-state index in [1.165, 1.54) is 5.56 Å². The lowest BCUT2D eigenvalue weighted by molar-refractivity contribution is 0.474. The second-order valence-corrected chi connectivity index (χ2v) is 6.59. The Kier molecular flexibility index (Phi) is 7.02. The number of hydrogen-bond donors (Lipinski definition) is 1. The Morgan fingerprint density at radius 2 is 2.08 bits per heavy atom. The van der Waals surface area contributed by atoms with Gasteiger partial charge in [0.2, 0.25) is 0 Å². The zero-order chi connectivity index (χ0) is 16.2. The molecular weight excluding hydrogens is 483 g/mol. The lowest BCUT2D eigenvalue weighted by Gasteiger charge is -2.22. The maximum atomic E-state index is 4.36. The minimum Gasteiger partial charge on any atom is -0.349 e. The summed E-state index contributed by atoms with van der Waals surface area (Å²) in [6.07, 6.45) is 2.20. The van der Waals surface area contributed by atoms with E-state index in [9.17, 15) is 0 Å². The van der Waals surface area contributed by atoms with Crippen LogP contribution in [-0.4, -0.2) is 39.7 Å². The Morgan fingerprint density at radius 1 is 1.33 bits per heavy atom. The van der Waals surface area contributed by atoms with Crippen LogP contribution in [0.5, 0.6) is 0 Å². The van der Waals surface area contributed by atoms with Crippen LogP contribution in [0.2, 0.25) is 0 Å².